The second-order valence-corrected chi connectivity index (χ2v) is 14.8. The molecule has 0 saturated carbocycles. The molecule has 1 aliphatic rings. The molecule has 0 amide bonds. The number of nitrogens with one attached hydrogen (secondary N) is 1. The van der Waals surface area contributed by atoms with Crippen molar-refractivity contribution in [2.45, 2.75) is 36.5 Å². The summed E-state index contributed by atoms with van der Waals surface area (Å²) in [7, 11) is 0. The third kappa shape index (κ3) is 8.48. The molecule has 7 rings (SSSR count). The van der Waals surface area contributed by atoms with Crippen LogP contribution in [0.3, 0.4) is 0 Å². The minimum Gasteiger partial charge on any atom is -0.384 e. The maximum atomic E-state index is 6.33. The molecule has 0 fully saturated rings. The van der Waals surface area contributed by atoms with Gasteiger partial charge in [0.2, 0.25) is 0 Å². The summed E-state index contributed by atoms with van der Waals surface area (Å²) >= 11 is 0. The molecule has 56 heavy (non-hydrogen) atoms. The van der Waals surface area contributed by atoms with E-state index in [2.05, 4.69) is 210 Å². The molecule has 1 heterocycles. The van der Waals surface area contributed by atoms with Crippen LogP contribution in [0.1, 0.15) is 39.8 Å². The molecule has 6 aromatic rings. The summed E-state index contributed by atoms with van der Waals surface area (Å²) in [5.41, 5.74) is 23.2. The van der Waals surface area contributed by atoms with Gasteiger partial charge >= 0.3 is 0 Å². The summed E-state index contributed by atoms with van der Waals surface area (Å²) in [6.07, 6.45) is 14.8. The maximum Gasteiger partial charge on any atom is 0.0664 e. The van der Waals surface area contributed by atoms with Gasteiger partial charge in [-0.3, -0.25) is 0 Å². The molecule has 0 spiro atoms. The lowest BCUT2D eigenvalue weighted by Crippen LogP contribution is -2.36. The van der Waals surface area contributed by atoms with E-state index in [9.17, 15) is 0 Å². The van der Waals surface area contributed by atoms with Crippen LogP contribution in [0.15, 0.2) is 206 Å². The Morgan fingerprint density at radius 1 is 0.571 bits per heavy atom. The van der Waals surface area contributed by atoms with E-state index in [4.69, 9.17) is 11.5 Å². The molecule has 4 heteroatoms. The van der Waals surface area contributed by atoms with Crippen molar-refractivity contribution < 1.29 is 0 Å². The van der Waals surface area contributed by atoms with Crippen molar-refractivity contribution in [1.82, 2.24) is 0 Å². The molecular formula is C52H54N4. The van der Waals surface area contributed by atoms with Crippen LogP contribution >= 0.6 is 0 Å². The monoisotopic (exact) mass is 734 g/mol. The van der Waals surface area contributed by atoms with Crippen LogP contribution in [-0.4, -0.2) is 26.2 Å². The second-order valence-electron chi connectivity index (χ2n) is 14.8. The van der Waals surface area contributed by atoms with Gasteiger partial charge in [-0.05, 0) is 77.3 Å². The topological polar surface area (TPSA) is 67.3 Å². The van der Waals surface area contributed by atoms with Crippen molar-refractivity contribution in [2.24, 2.45) is 11.5 Å². The van der Waals surface area contributed by atoms with Gasteiger partial charge in [-0.1, -0.05) is 182 Å². The van der Waals surface area contributed by atoms with Crippen LogP contribution in [0.25, 0.3) is 0 Å². The van der Waals surface area contributed by atoms with Crippen LogP contribution in [0.5, 0.6) is 0 Å². The van der Waals surface area contributed by atoms with E-state index in [0.29, 0.717) is 13.1 Å². The quantitative estimate of drug-likeness (QED) is 0.0817. The fourth-order valence-electron chi connectivity index (χ4n) is 8.76. The van der Waals surface area contributed by atoms with Gasteiger partial charge in [-0.2, -0.15) is 0 Å². The van der Waals surface area contributed by atoms with E-state index >= 15 is 0 Å². The normalized spacial score (nSPS) is 16.2. The number of para-hydroxylation sites is 2. The molecule has 5 N–H and O–H groups in total. The summed E-state index contributed by atoms with van der Waals surface area (Å²) in [6.45, 7) is 2.58. The molecule has 0 aliphatic carbocycles. The number of rotatable bonds is 17. The molecule has 0 radical (unpaired) electrons. The first-order valence-corrected chi connectivity index (χ1v) is 20.0. The Morgan fingerprint density at radius 2 is 1.14 bits per heavy atom. The number of allylic oxidation sites excluding steroid dienone is 6. The van der Waals surface area contributed by atoms with E-state index in [1.807, 2.05) is 0 Å². The molecule has 4 nitrogen and oxygen atoms in total. The average molecular weight is 735 g/mol. The lowest BCUT2D eigenvalue weighted by Gasteiger charge is -2.36. The van der Waals surface area contributed by atoms with Gasteiger partial charge in [0.25, 0.3) is 0 Å². The highest BCUT2D eigenvalue weighted by Gasteiger charge is 2.48. The summed E-state index contributed by atoms with van der Waals surface area (Å²) in [6, 6.07) is 61.3. The van der Waals surface area contributed by atoms with Crippen LogP contribution in [0.4, 0.5) is 11.4 Å². The third-order valence-corrected chi connectivity index (χ3v) is 11.2. The van der Waals surface area contributed by atoms with Crippen molar-refractivity contribution in [1.29, 1.82) is 0 Å². The molecule has 1 aliphatic heterocycles. The number of hydrogen-bond donors (Lipinski definition) is 3. The van der Waals surface area contributed by atoms with E-state index in [0.717, 1.165) is 44.5 Å². The number of anilines is 2. The van der Waals surface area contributed by atoms with Gasteiger partial charge in [0.15, 0.2) is 0 Å². The Bertz CT molecular complexity index is 2170. The number of hydrogen-bond acceptors (Lipinski definition) is 4. The molecular weight excluding hydrogens is 681 g/mol. The van der Waals surface area contributed by atoms with Crippen molar-refractivity contribution >= 4 is 11.4 Å². The highest BCUT2D eigenvalue weighted by Crippen LogP contribution is 2.53. The van der Waals surface area contributed by atoms with E-state index in [1.54, 1.807) is 0 Å². The van der Waals surface area contributed by atoms with Gasteiger partial charge in [-0.15, -0.1) is 0 Å². The molecule has 0 saturated heterocycles. The van der Waals surface area contributed by atoms with Gasteiger partial charge < -0.3 is 21.7 Å². The van der Waals surface area contributed by atoms with Crippen LogP contribution < -0.4 is 21.7 Å². The molecule has 0 aromatic heterocycles. The summed E-state index contributed by atoms with van der Waals surface area (Å²) < 4.78 is 0. The second kappa shape index (κ2) is 18.6. The highest BCUT2D eigenvalue weighted by atomic mass is 15.2. The Hall–Kier alpha value is -5.94. The smallest absolute Gasteiger partial charge is 0.0664 e. The highest BCUT2D eigenvalue weighted by molar-refractivity contribution is 5.75. The predicted molar refractivity (Wildman–Crippen MR) is 237 cm³/mol. The molecule has 6 aromatic carbocycles. The van der Waals surface area contributed by atoms with E-state index in [1.165, 1.54) is 44.8 Å². The predicted octanol–water partition coefficient (Wildman–Crippen LogP) is 10.2. The first-order chi connectivity index (χ1) is 27.7. The van der Waals surface area contributed by atoms with Gasteiger partial charge in [0.1, 0.15) is 0 Å². The van der Waals surface area contributed by atoms with Crippen molar-refractivity contribution in [3.63, 3.8) is 0 Å². The average Bonchev–Trinajstić information content (AvgIpc) is 3.51. The van der Waals surface area contributed by atoms with Crippen LogP contribution in [0, 0.1) is 0 Å². The van der Waals surface area contributed by atoms with Gasteiger partial charge in [0, 0.05) is 48.7 Å². The summed E-state index contributed by atoms with van der Waals surface area (Å²) in [4.78, 5) is 2.44. The Balaban J connectivity index is 1.29. The fraction of sp³-hybridized carbons (Fsp3) is 0.192. The molecule has 282 valence electrons. The first-order valence-electron chi connectivity index (χ1n) is 20.0. The maximum absolute atomic E-state index is 6.33. The SMILES string of the molecule is NCCNc1ccccc1C(C/C=C/C=C/C=C1/N(CCN)c2ccccc2C1(Cc1ccccc1)c1ccccc1)(Cc1ccccc1)Cc1ccccc1. The zero-order valence-electron chi connectivity index (χ0n) is 32.3. The van der Waals surface area contributed by atoms with E-state index in [-0.39, 0.29) is 10.8 Å². The van der Waals surface area contributed by atoms with Crippen molar-refractivity contribution in [3.8, 4) is 0 Å². The first kappa shape index (κ1) is 38.3. The van der Waals surface area contributed by atoms with Crippen LogP contribution in [0.2, 0.25) is 0 Å². The number of benzene rings is 6. The van der Waals surface area contributed by atoms with Gasteiger partial charge in [0.05, 0.1) is 5.41 Å². The largest absolute Gasteiger partial charge is 0.384 e. The minimum atomic E-state index is -0.386. The zero-order valence-corrected chi connectivity index (χ0v) is 32.3. The molecule has 1 atom stereocenters. The third-order valence-electron chi connectivity index (χ3n) is 11.2. The number of fused-ring (bicyclic) bond motifs is 1. The summed E-state index contributed by atoms with van der Waals surface area (Å²) in [5.74, 6) is 0. The molecule has 1 unspecified atom stereocenters. The number of nitrogens with two attached hydrogens (primary N) is 2. The fourth-order valence-corrected chi connectivity index (χ4v) is 8.76. The van der Waals surface area contributed by atoms with Crippen LogP contribution in [-0.2, 0) is 30.1 Å². The summed E-state index contributed by atoms with van der Waals surface area (Å²) in [5, 5.41) is 3.66. The molecule has 0 bridgehead atoms. The van der Waals surface area contributed by atoms with Gasteiger partial charge in [-0.25, -0.2) is 0 Å². The van der Waals surface area contributed by atoms with E-state index < -0.39 is 0 Å². The lowest BCUT2D eigenvalue weighted by molar-refractivity contribution is 0.425. The minimum absolute atomic E-state index is 0.215. The van der Waals surface area contributed by atoms with Crippen molar-refractivity contribution in [3.05, 3.63) is 239 Å². The standard InChI is InChI=1S/C52H54N4/c53-35-37-55-48-31-18-16-29-46(48)51(39-42-21-7-3-8-22-42,40-43-23-9-4-10-24-43)34-20-2-1-15-33-50-52(45-27-13-6-14-28-45,41-44-25-11-5-12-26-44)47-30-17-19-32-49(47)56(50)38-36-54/h1-33,55H,34-41,53-54H2/b15-1+,20-2+,50-33+. The Kier molecular flexibility index (Phi) is 12.7. The zero-order chi connectivity index (χ0) is 38.5. The Labute approximate surface area is 333 Å². The van der Waals surface area contributed by atoms with Crippen molar-refractivity contribution in [2.75, 3.05) is 36.4 Å². The number of nitrogens with zero attached hydrogens (tertiary/aromatic N) is 1. The lowest BCUT2D eigenvalue weighted by atomic mass is 9.68. The Morgan fingerprint density at radius 3 is 1.79 bits per heavy atom.